The van der Waals surface area contributed by atoms with Crippen LogP contribution in [0.1, 0.15) is 59.4 Å². The van der Waals surface area contributed by atoms with Gasteiger partial charge in [-0.2, -0.15) is 0 Å². The van der Waals surface area contributed by atoms with E-state index in [4.69, 9.17) is 23.7 Å². The van der Waals surface area contributed by atoms with E-state index in [9.17, 15) is 9.90 Å². The average molecular weight is 559 g/mol. The fraction of sp³-hybridized carbons (Fsp3) is 0.441. The fourth-order valence-electron chi connectivity index (χ4n) is 6.86. The van der Waals surface area contributed by atoms with Gasteiger partial charge in [0.2, 0.25) is 0 Å². The molecule has 3 aromatic carbocycles. The maximum atomic E-state index is 11.3. The summed E-state index contributed by atoms with van der Waals surface area (Å²) in [6.07, 6.45) is 0.652. The van der Waals surface area contributed by atoms with Crippen LogP contribution in [0.25, 0.3) is 11.1 Å². The van der Waals surface area contributed by atoms with E-state index in [1.807, 2.05) is 12.1 Å². The highest BCUT2D eigenvalue weighted by molar-refractivity contribution is 5.72. The van der Waals surface area contributed by atoms with E-state index in [-0.39, 0.29) is 36.8 Å². The van der Waals surface area contributed by atoms with E-state index in [1.54, 1.807) is 7.11 Å². The van der Waals surface area contributed by atoms with Crippen LogP contribution >= 0.6 is 0 Å². The van der Waals surface area contributed by atoms with Crippen molar-refractivity contribution in [3.8, 4) is 22.6 Å². The van der Waals surface area contributed by atoms with Crippen LogP contribution in [0.4, 0.5) is 0 Å². The Bertz CT molecular complexity index is 1410. The Hall–Kier alpha value is -3.39. The molecule has 2 saturated heterocycles. The molecule has 216 valence electrons. The maximum absolute atomic E-state index is 11.3. The van der Waals surface area contributed by atoms with Crippen LogP contribution in [0, 0.1) is 13.8 Å². The quantitative estimate of drug-likeness (QED) is 0.336. The largest absolute Gasteiger partial charge is 0.489 e. The molecule has 1 aliphatic carbocycles. The van der Waals surface area contributed by atoms with Crippen molar-refractivity contribution in [2.24, 2.45) is 0 Å². The minimum atomic E-state index is -0.747. The highest BCUT2D eigenvalue weighted by Crippen LogP contribution is 2.44. The second kappa shape index (κ2) is 11.5. The van der Waals surface area contributed by atoms with Crippen molar-refractivity contribution in [2.75, 3.05) is 20.3 Å². The smallest absolute Gasteiger partial charge is 0.303 e. The fourth-order valence-corrected chi connectivity index (χ4v) is 6.86. The zero-order chi connectivity index (χ0) is 28.7. The van der Waals surface area contributed by atoms with Gasteiger partial charge in [0.15, 0.2) is 6.10 Å². The zero-order valence-corrected chi connectivity index (χ0v) is 24.1. The number of rotatable bonds is 9. The lowest BCUT2D eigenvalue weighted by Gasteiger charge is -2.20. The van der Waals surface area contributed by atoms with Crippen LogP contribution in [-0.4, -0.2) is 55.8 Å². The van der Waals surface area contributed by atoms with Crippen LogP contribution in [-0.2, 0) is 25.6 Å². The third-order valence-corrected chi connectivity index (χ3v) is 8.77. The number of carboxylic acid groups (broad SMARTS) is 1. The second-order valence-corrected chi connectivity index (χ2v) is 11.7. The normalized spacial score (nSPS) is 26.5. The molecule has 7 heteroatoms. The molecular weight excluding hydrogens is 520 g/mol. The molecule has 0 bridgehead atoms. The summed E-state index contributed by atoms with van der Waals surface area (Å²) in [6, 6.07) is 18.7. The van der Waals surface area contributed by atoms with Gasteiger partial charge in [0, 0.05) is 7.11 Å². The molecule has 7 nitrogen and oxygen atoms in total. The van der Waals surface area contributed by atoms with Gasteiger partial charge in [-0.25, -0.2) is 0 Å². The van der Waals surface area contributed by atoms with E-state index in [2.05, 4.69) is 63.2 Å². The number of benzene rings is 3. The van der Waals surface area contributed by atoms with Crippen molar-refractivity contribution in [1.82, 2.24) is 0 Å². The van der Waals surface area contributed by atoms with Crippen LogP contribution in [0.3, 0.4) is 0 Å². The lowest BCUT2D eigenvalue weighted by Crippen LogP contribution is -2.35. The lowest BCUT2D eigenvalue weighted by atomic mass is 9.94. The molecule has 2 aliphatic heterocycles. The molecule has 3 aliphatic rings. The molecule has 0 radical (unpaired) electrons. The van der Waals surface area contributed by atoms with Gasteiger partial charge in [0.1, 0.15) is 36.4 Å². The first-order valence-corrected chi connectivity index (χ1v) is 14.4. The van der Waals surface area contributed by atoms with E-state index in [0.717, 1.165) is 45.7 Å². The summed E-state index contributed by atoms with van der Waals surface area (Å²) < 4.78 is 29.9. The summed E-state index contributed by atoms with van der Waals surface area (Å²) in [5.41, 5.74) is 8.03. The van der Waals surface area contributed by atoms with Gasteiger partial charge < -0.3 is 28.8 Å². The number of ether oxygens (including phenoxy) is 5. The molecule has 41 heavy (non-hydrogen) atoms. The molecule has 0 amide bonds. The van der Waals surface area contributed by atoms with E-state index < -0.39 is 5.97 Å². The van der Waals surface area contributed by atoms with Crippen molar-refractivity contribution in [3.05, 3.63) is 82.4 Å². The van der Waals surface area contributed by atoms with Crippen molar-refractivity contribution >= 4 is 5.97 Å². The van der Waals surface area contributed by atoms with Crippen LogP contribution in [0.5, 0.6) is 11.5 Å². The van der Waals surface area contributed by atoms with Gasteiger partial charge in [-0.3, -0.25) is 4.79 Å². The Balaban J connectivity index is 1.14. The predicted octanol–water partition coefficient (Wildman–Crippen LogP) is 6.17. The van der Waals surface area contributed by atoms with Crippen LogP contribution in [0.15, 0.2) is 54.6 Å². The molecule has 0 saturated carbocycles. The first-order chi connectivity index (χ1) is 19.8. The first kappa shape index (κ1) is 27.8. The summed E-state index contributed by atoms with van der Waals surface area (Å²) in [7, 11) is 1.69. The standard InChI is InChI=1S/C34H38O7/c1-19-10-24(14-31(35)36)27-9-8-25(15-28(19)27)38-16-22-6-5-7-23(13-22)32-20(2)11-26(12-21(32)3)41-30-18-40-33-29(37-4)17-39-34(30)33/h5-9,11-13,15,19,24,29-30,33-34H,10,14,16-18H2,1-4H3,(H,35,36)/t19?,24?,29?,30-,33?,34?/m0/s1. The molecule has 6 atom stereocenters. The topological polar surface area (TPSA) is 83.5 Å². The summed E-state index contributed by atoms with van der Waals surface area (Å²) in [5.74, 6) is 1.29. The third-order valence-electron chi connectivity index (χ3n) is 8.77. The minimum Gasteiger partial charge on any atom is -0.489 e. The van der Waals surface area contributed by atoms with Crippen molar-refractivity contribution in [2.45, 2.75) is 76.5 Å². The Morgan fingerprint density at radius 2 is 1.66 bits per heavy atom. The Labute approximate surface area is 241 Å². The maximum Gasteiger partial charge on any atom is 0.303 e. The van der Waals surface area contributed by atoms with E-state index in [1.165, 1.54) is 11.1 Å². The Morgan fingerprint density at radius 3 is 2.39 bits per heavy atom. The molecule has 5 unspecified atom stereocenters. The van der Waals surface area contributed by atoms with Gasteiger partial charge >= 0.3 is 5.97 Å². The molecule has 0 spiro atoms. The summed E-state index contributed by atoms with van der Waals surface area (Å²) >= 11 is 0. The number of methoxy groups -OCH3 is 1. The van der Waals surface area contributed by atoms with Gasteiger partial charge in [-0.05, 0) is 101 Å². The highest BCUT2D eigenvalue weighted by Gasteiger charge is 2.49. The first-order valence-electron chi connectivity index (χ1n) is 14.4. The number of carboxylic acids is 1. The van der Waals surface area contributed by atoms with Crippen LogP contribution in [0.2, 0.25) is 0 Å². The summed E-state index contributed by atoms with van der Waals surface area (Å²) in [6.45, 7) is 7.86. The van der Waals surface area contributed by atoms with Gasteiger partial charge in [0.05, 0.1) is 19.6 Å². The Morgan fingerprint density at radius 1 is 0.927 bits per heavy atom. The third kappa shape index (κ3) is 5.59. The molecular formula is C34H38O7. The molecule has 2 heterocycles. The number of hydrogen-bond acceptors (Lipinski definition) is 6. The number of fused-ring (bicyclic) bond motifs is 2. The number of hydrogen-bond donors (Lipinski definition) is 1. The molecule has 0 aromatic heterocycles. The van der Waals surface area contributed by atoms with E-state index >= 15 is 0 Å². The van der Waals surface area contributed by atoms with Gasteiger partial charge in [-0.1, -0.05) is 31.2 Å². The molecule has 3 aromatic rings. The molecule has 1 N–H and O–H groups in total. The summed E-state index contributed by atoms with van der Waals surface area (Å²) in [4.78, 5) is 11.3. The van der Waals surface area contributed by atoms with Gasteiger partial charge in [-0.15, -0.1) is 0 Å². The van der Waals surface area contributed by atoms with Crippen molar-refractivity contribution < 1.29 is 33.6 Å². The summed E-state index contributed by atoms with van der Waals surface area (Å²) in [5, 5.41) is 9.26. The second-order valence-electron chi connectivity index (χ2n) is 11.7. The van der Waals surface area contributed by atoms with Crippen molar-refractivity contribution in [3.63, 3.8) is 0 Å². The van der Waals surface area contributed by atoms with Gasteiger partial charge in [0.25, 0.3) is 0 Å². The SMILES string of the molecule is COC1COC2C1OC[C@@H]2Oc1cc(C)c(-c2cccc(COc3ccc4c(c3)C(C)CC4CC(=O)O)c2)c(C)c1. The number of aryl methyl sites for hydroxylation is 2. The highest BCUT2D eigenvalue weighted by atomic mass is 16.6. The zero-order valence-electron chi connectivity index (χ0n) is 24.1. The molecule has 6 rings (SSSR count). The monoisotopic (exact) mass is 558 g/mol. The Kier molecular flexibility index (Phi) is 7.77. The minimum absolute atomic E-state index is 0.0434. The predicted molar refractivity (Wildman–Crippen MR) is 155 cm³/mol. The lowest BCUT2D eigenvalue weighted by molar-refractivity contribution is -0.137. The number of aliphatic carboxylic acids is 1. The number of carbonyl (C=O) groups is 1. The van der Waals surface area contributed by atoms with Crippen LogP contribution < -0.4 is 9.47 Å². The average Bonchev–Trinajstić information content (AvgIpc) is 3.62. The van der Waals surface area contributed by atoms with E-state index in [0.29, 0.717) is 25.7 Å². The molecule has 2 fully saturated rings. The van der Waals surface area contributed by atoms with Crippen molar-refractivity contribution in [1.29, 1.82) is 0 Å².